The van der Waals surface area contributed by atoms with Crippen molar-refractivity contribution < 1.29 is 14.7 Å². The molecular formula is C15H21ClN2O3. The number of carbonyl (C=O) groups excluding carboxylic acids is 1. The molecule has 1 rings (SSSR count). The van der Waals surface area contributed by atoms with E-state index < -0.39 is 12.0 Å². The summed E-state index contributed by atoms with van der Waals surface area (Å²) in [6.45, 7) is 6.15. The van der Waals surface area contributed by atoms with Gasteiger partial charge in [-0.05, 0) is 37.5 Å². The zero-order valence-electron chi connectivity index (χ0n) is 12.4. The molecule has 21 heavy (non-hydrogen) atoms. The Kier molecular flexibility index (Phi) is 6.49. The first kappa shape index (κ1) is 17.3. The molecule has 116 valence electrons. The van der Waals surface area contributed by atoms with Crippen molar-refractivity contribution in [3.8, 4) is 0 Å². The number of urea groups is 1. The molecule has 0 bridgehead atoms. The Bertz CT molecular complexity index is 520. The molecule has 0 spiro atoms. The number of carboxylic acids is 1. The number of carboxylic acid groups (broad SMARTS) is 1. The SMILES string of the molecule is CCC(C)CC(C)NC(=O)Nc1ccc(Cl)cc1C(=O)O. The summed E-state index contributed by atoms with van der Waals surface area (Å²) < 4.78 is 0. The minimum absolute atomic E-state index is 0.0144. The zero-order valence-corrected chi connectivity index (χ0v) is 13.2. The average molecular weight is 313 g/mol. The van der Waals surface area contributed by atoms with Gasteiger partial charge in [0.05, 0.1) is 11.3 Å². The molecule has 5 nitrogen and oxygen atoms in total. The molecule has 0 heterocycles. The monoisotopic (exact) mass is 312 g/mol. The first-order valence-electron chi connectivity index (χ1n) is 6.93. The van der Waals surface area contributed by atoms with Gasteiger partial charge in [-0.15, -0.1) is 0 Å². The van der Waals surface area contributed by atoms with Gasteiger partial charge in [0.1, 0.15) is 0 Å². The summed E-state index contributed by atoms with van der Waals surface area (Å²) in [6, 6.07) is 3.91. The summed E-state index contributed by atoms with van der Waals surface area (Å²) in [5, 5.41) is 14.8. The van der Waals surface area contributed by atoms with Crippen LogP contribution in [-0.2, 0) is 0 Å². The highest BCUT2D eigenvalue weighted by Gasteiger charge is 2.15. The number of halogens is 1. The molecule has 2 unspecified atom stereocenters. The number of benzene rings is 1. The molecule has 0 fully saturated rings. The first-order valence-corrected chi connectivity index (χ1v) is 7.31. The molecule has 0 aliphatic heterocycles. The Morgan fingerprint density at radius 3 is 2.57 bits per heavy atom. The number of carbonyl (C=O) groups is 2. The fourth-order valence-corrected chi connectivity index (χ4v) is 2.19. The van der Waals surface area contributed by atoms with E-state index in [1.165, 1.54) is 18.2 Å². The van der Waals surface area contributed by atoms with Crippen LogP contribution in [0.4, 0.5) is 10.5 Å². The summed E-state index contributed by atoms with van der Waals surface area (Å²) >= 11 is 5.76. The Morgan fingerprint density at radius 1 is 1.33 bits per heavy atom. The maximum absolute atomic E-state index is 11.9. The van der Waals surface area contributed by atoms with Crippen molar-refractivity contribution in [2.75, 3.05) is 5.32 Å². The quantitative estimate of drug-likeness (QED) is 0.743. The van der Waals surface area contributed by atoms with Gasteiger partial charge < -0.3 is 15.7 Å². The maximum Gasteiger partial charge on any atom is 0.337 e. The Morgan fingerprint density at radius 2 is 2.00 bits per heavy atom. The topological polar surface area (TPSA) is 78.4 Å². The Labute approximate surface area is 129 Å². The lowest BCUT2D eigenvalue weighted by molar-refractivity contribution is 0.0698. The van der Waals surface area contributed by atoms with Crippen LogP contribution in [0.2, 0.25) is 5.02 Å². The summed E-state index contributed by atoms with van der Waals surface area (Å²) in [4.78, 5) is 23.0. The van der Waals surface area contributed by atoms with Gasteiger partial charge in [-0.2, -0.15) is 0 Å². The third-order valence-electron chi connectivity index (χ3n) is 3.29. The van der Waals surface area contributed by atoms with Crippen molar-refractivity contribution in [3.05, 3.63) is 28.8 Å². The van der Waals surface area contributed by atoms with Crippen molar-refractivity contribution in [1.29, 1.82) is 0 Å². The predicted molar refractivity (Wildman–Crippen MR) is 84.1 cm³/mol. The third-order valence-corrected chi connectivity index (χ3v) is 3.53. The third kappa shape index (κ3) is 5.63. The Hall–Kier alpha value is -1.75. The number of anilines is 1. The lowest BCUT2D eigenvalue weighted by Gasteiger charge is -2.18. The van der Waals surface area contributed by atoms with Crippen molar-refractivity contribution in [2.24, 2.45) is 5.92 Å². The van der Waals surface area contributed by atoms with E-state index in [9.17, 15) is 9.59 Å². The van der Waals surface area contributed by atoms with Gasteiger partial charge in [0.15, 0.2) is 0 Å². The van der Waals surface area contributed by atoms with E-state index in [0.29, 0.717) is 10.9 Å². The van der Waals surface area contributed by atoms with Crippen LogP contribution in [0.15, 0.2) is 18.2 Å². The van der Waals surface area contributed by atoms with E-state index in [0.717, 1.165) is 12.8 Å². The molecule has 1 aromatic rings. The lowest BCUT2D eigenvalue weighted by Crippen LogP contribution is -2.37. The average Bonchev–Trinajstić information content (AvgIpc) is 2.40. The second kappa shape index (κ2) is 7.88. The molecule has 0 radical (unpaired) electrons. The number of hydrogen-bond acceptors (Lipinski definition) is 2. The number of nitrogens with one attached hydrogen (secondary N) is 2. The predicted octanol–water partition coefficient (Wildman–Crippen LogP) is 3.98. The molecule has 0 aliphatic carbocycles. The van der Waals surface area contributed by atoms with Gasteiger partial charge in [-0.1, -0.05) is 31.9 Å². The van der Waals surface area contributed by atoms with Crippen molar-refractivity contribution in [2.45, 2.75) is 39.7 Å². The second-order valence-corrected chi connectivity index (χ2v) is 5.68. The molecule has 1 aromatic carbocycles. The largest absolute Gasteiger partial charge is 0.478 e. The maximum atomic E-state index is 11.9. The van der Waals surface area contributed by atoms with E-state index in [-0.39, 0.29) is 17.3 Å². The van der Waals surface area contributed by atoms with Crippen molar-refractivity contribution in [3.63, 3.8) is 0 Å². The van der Waals surface area contributed by atoms with Crippen LogP contribution in [-0.4, -0.2) is 23.1 Å². The van der Waals surface area contributed by atoms with Gasteiger partial charge in [0.25, 0.3) is 0 Å². The van der Waals surface area contributed by atoms with E-state index in [4.69, 9.17) is 16.7 Å². The van der Waals surface area contributed by atoms with E-state index in [1.807, 2.05) is 6.92 Å². The van der Waals surface area contributed by atoms with Gasteiger partial charge in [0, 0.05) is 11.1 Å². The van der Waals surface area contributed by atoms with Gasteiger partial charge in [0.2, 0.25) is 0 Å². The van der Waals surface area contributed by atoms with Crippen LogP contribution in [0.3, 0.4) is 0 Å². The van der Waals surface area contributed by atoms with Crippen LogP contribution in [0, 0.1) is 5.92 Å². The molecule has 2 amide bonds. The van der Waals surface area contributed by atoms with E-state index >= 15 is 0 Å². The van der Waals surface area contributed by atoms with Crippen molar-refractivity contribution in [1.82, 2.24) is 5.32 Å². The summed E-state index contributed by atoms with van der Waals surface area (Å²) in [7, 11) is 0. The minimum Gasteiger partial charge on any atom is -0.478 e. The van der Waals surface area contributed by atoms with E-state index in [1.54, 1.807) is 0 Å². The van der Waals surface area contributed by atoms with Crippen LogP contribution < -0.4 is 10.6 Å². The van der Waals surface area contributed by atoms with Gasteiger partial charge >= 0.3 is 12.0 Å². The summed E-state index contributed by atoms with van der Waals surface area (Å²) in [5.74, 6) is -0.620. The summed E-state index contributed by atoms with van der Waals surface area (Å²) in [6.07, 6.45) is 1.92. The van der Waals surface area contributed by atoms with Crippen molar-refractivity contribution >= 4 is 29.3 Å². The van der Waals surface area contributed by atoms with Crippen LogP contribution >= 0.6 is 11.6 Å². The number of rotatable bonds is 6. The second-order valence-electron chi connectivity index (χ2n) is 5.24. The summed E-state index contributed by atoms with van der Waals surface area (Å²) in [5.41, 5.74) is 0.187. The number of aromatic carboxylic acids is 1. The van der Waals surface area contributed by atoms with Crippen LogP contribution in [0.5, 0.6) is 0 Å². The zero-order chi connectivity index (χ0) is 16.0. The minimum atomic E-state index is -1.14. The molecule has 0 saturated heterocycles. The highest BCUT2D eigenvalue weighted by Crippen LogP contribution is 2.20. The smallest absolute Gasteiger partial charge is 0.337 e. The fraction of sp³-hybridized carbons (Fsp3) is 0.467. The fourth-order valence-electron chi connectivity index (χ4n) is 2.01. The molecule has 2 atom stereocenters. The van der Waals surface area contributed by atoms with E-state index in [2.05, 4.69) is 24.5 Å². The lowest BCUT2D eigenvalue weighted by atomic mass is 10.0. The highest BCUT2D eigenvalue weighted by molar-refractivity contribution is 6.31. The molecule has 0 aromatic heterocycles. The molecular weight excluding hydrogens is 292 g/mol. The number of amides is 2. The normalized spacial score (nSPS) is 13.3. The Balaban J connectivity index is 2.69. The van der Waals surface area contributed by atoms with Crippen LogP contribution in [0.1, 0.15) is 44.0 Å². The highest BCUT2D eigenvalue weighted by atomic mass is 35.5. The molecule has 0 aliphatic rings. The molecule has 6 heteroatoms. The molecule has 0 saturated carbocycles. The van der Waals surface area contributed by atoms with Crippen LogP contribution in [0.25, 0.3) is 0 Å². The molecule has 3 N–H and O–H groups in total. The van der Waals surface area contributed by atoms with Gasteiger partial charge in [-0.25, -0.2) is 9.59 Å². The number of hydrogen-bond donors (Lipinski definition) is 3. The first-order chi connectivity index (χ1) is 9.83. The van der Waals surface area contributed by atoms with Gasteiger partial charge in [-0.3, -0.25) is 0 Å². The standard InChI is InChI=1S/C15H21ClN2O3/c1-4-9(2)7-10(3)17-15(21)18-13-6-5-11(16)8-12(13)14(19)20/h5-6,8-10H,4,7H2,1-3H3,(H,19,20)(H2,17,18,21).